The fraction of sp³-hybridized carbons (Fsp3) is 0.857. The van der Waals surface area contributed by atoms with Crippen molar-refractivity contribution in [3.05, 3.63) is 0 Å². The Morgan fingerprint density at radius 3 is 2.16 bits per heavy atom. The number of carboxylic acids is 1. The molecular formula is C14H24N2O3. The van der Waals surface area contributed by atoms with Gasteiger partial charge in [0.15, 0.2) is 0 Å². The molecule has 0 saturated heterocycles. The van der Waals surface area contributed by atoms with Gasteiger partial charge in [-0.05, 0) is 38.8 Å². The molecule has 0 aromatic heterocycles. The Kier molecular flexibility index (Phi) is 3.37. The van der Waals surface area contributed by atoms with Crippen LogP contribution in [-0.4, -0.2) is 48.1 Å². The first-order valence-electron chi connectivity index (χ1n) is 6.90. The molecule has 2 unspecified atom stereocenters. The average Bonchev–Trinajstić information content (AvgIpc) is 2.79. The molecule has 0 bridgehead atoms. The molecule has 0 aromatic rings. The minimum atomic E-state index is -0.865. The second-order valence-electron chi connectivity index (χ2n) is 6.81. The molecule has 1 amide bonds. The first-order chi connectivity index (χ1) is 8.72. The summed E-state index contributed by atoms with van der Waals surface area (Å²) in [6.07, 6.45) is 3.38. The number of likely N-dealkylation sites (N-methyl/N-ethyl adjacent to an activating group) is 1. The van der Waals surface area contributed by atoms with Crippen molar-refractivity contribution in [2.45, 2.75) is 38.6 Å². The Bertz CT molecular complexity index is 399. The lowest BCUT2D eigenvalue weighted by Gasteiger charge is -2.47. The van der Waals surface area contributed by atoms with Crippen LogP contribution in [-0.2, 0) is 9.59 Å². The quantitative estimate of drug-likeness (QED) is 0.778. The zero-order chi connectivity index (χ0) is 14.4. The fourth-order valence-corrected chi connectivity index (χ4v) is 3.32. The van der Waals surface area contributed by atoms with Gasteiger partial charge in [-0.25, -0.2) is 0 Å². The molecule has 2 rings (SSSR count). The van der Waals surface area contributed by atoms with E-state index < -0.39 is 17.3 Å². The Balaban J connectivity index is 1.91. The Labute approximate surface area is 114 Å². The van der Waals surface area contributed by atoms with Crippen LogP contribution in [0.1, 0.15) is 33.1 Å². The normalized spacial score (nSPS) is 30.6. The van der Waals surface area contributed by atoms with Crippen molar-refractivity contribution < 1.29 is 14.7 Å². The average molecular weight is 268 g/mol. The van der Waals surface area contributed by atoms with Gasteiger partial charge in [-0.1, -0.05) is 13.8 Å². The van der Waals surface area contributed by atoms with E-state index in [4.69, 9.17) is 5.11 Å². The summed E-state index contributed by atoms with van der Waals surface area (Å²) < 4.78 is 0. The van der Waals surface area contributed by atoms with Gasteiger partial charge in [-0.15, -0.1) is 0 Å². The molecule has 5 nitrogen and oxygen atoms in total. The minimum absolute atomic E-state index is 0.0768. The smallest absolute Gasteiger partial charge is 0.307 e. The molecule has 2 fully saturated rings. The van der Waals surface area contributed by atoms with E-state index in [1.165, 1.54) is 6.42 Å². The van der Waals surface area contributed by atoms with Crippen LogP contribution in [0.5, 0.6) is 0 Å². The number of hydrogen-bond acceptors (Lipinski definition) is 3. The molecule has 2 aliphatic carbocycles. The predicted molar refractivity (Wildman–Crippen MR) is 71.7 cm³/mol. The van der Waals surface area contributed by atoms with Crippen LogP contribution in [0.4, 0.5) is 0 Å². The Morgan fingerprint density at radius 1 is 1.26 bits per heavy atom. The molecule has 5 heteroatoms. The van der Waals surface area contributed by atoms with Gasteiger partial charge < -0.3 is 15.3 Å². The lowest BCUT2D eigenvalue weighted by atomic mass is 9.75. The summed E-state index contributed by atoms with van der Waals surface area (Å²) >= 11 is 0. The van der Waals surface area contributed by atoms with Crippen LogP contribution in [0, 0.1) is 17.3 Å². The van der Waals surface area contributed by atoms with E-state index in [-0.39, 0.29) is 17.4 Å². The van der Waals surface area contributed by atoms with Gasteiger partial charge in [0, 0.05) is 12.1 Å². The van der Waals surface area contributed by atoms with Gasteiger partial charge in [-0.2, -0.15) is 0 Å². The maximum atomic E-state index is 12.2. The summed E-state index contributed by atoms with van der Waals surface area (Å²) in [7, 11) is 4.07. The van der Waals surface area contributed by atoms with E-state index in [2.05, 4.69) is 10.2 Å². The van der Waals surface area contributed by atoms with Gasteiger partial charge in [-0.3, -0.25) is 9.59 Å². The lowest BCUT2D eigenvalue weighted by molar-refractivity contribution is -0.140. The summed E-state index contributed by atoms with van der Waals surface area (Å²) in [6, 6.07) is 0. The van der Waals surface area contributed by atoms with E-state index >= 15 is 0 Å². The maximum Gasteiger partial charge on any atom is 0.307 e. The number of carboxylic acid groups (broad SMARTS) is 1. The SMILES string of the molecule is CN(C)C1(CNC(=O)C2C(C(=O)O)C2(C)C)CCC1. The van der Waals surface area contributed by atoms with E-state index in [1.54, 1.807) is 0 Å². The summed E-state index contributed by atoms with van der Waals surface area (Å²) in [5, 5.41) is 12.1. The standard InChI is InChI=1S/C14H24N2O3/c1-13(2)9(10(13)12(18)19)11(17)15-8-14(16(3)4)6-5-7-14/h9-10H,5-8H2,1-4H3,(H,15,17)(H,18,19). The van der Waals surface area contributed by atoms with Crippen LogP contribution in [0.3, 0.4) is 0 Å². The highest BCUT2D eigenvalue weighted by Gasteiger charge is 2.66. The summed E-state index contributed by atoms with van der Waals surface area (Å²) in [4.78, 5) is 25.4. The van der Waals surface area contributed by atoms with E-state index in [9.17, 15) is 9.59 Å². The van der Waals surface area contributed by atoms with Crippen LogP contribution < -0.4 is 5.32 Å². The number of hydrogen-bond donors (Lipinski definition) is 2. The minimum Gasteiger partial charge on any atom is -0.481 e. The highest BCUT2D eigenvalue weighted by molar-refractivity contribution is 5.91. The largest absolute Gasteiger partial charge is 0.481 e. The third-order valence-corrected chi connectivity index (χ3v) is 5.20. The summed E-state index contributed by atoms with van der Waals surface area (Å²) in [5.74, 6) is -1.89. The summed E-state index contributed by atoms with van der Waals surface area (Å²) in [6.45, 7) is 4.32. The van der Waals surface area contributed by atoms with Crippen LogP contribution in [0.25, 0.3) is 0 Å². The summed E-state index contributed by atoms with van der Waals surface area (Å²) in [5.41, 5.74) is -0.339. The molecule has 0 aromatic carbocycles. The van der Waals surface area contributed by atoms with Crippen molar-refractivity contribution >= 4 is 11.9 Å². The lowest BCUT2D eigenvalue weighted by Crippen LogP contribution is -2.57. The van der Waals surface area contributed by atoms with Gasteiger partial charge >= 0.3 is 5.97 Å². The first kappa shape index (κ1) is 14.3. The number of nitrogens with one attached hydrogen (secondary N) is 1. The fourth-order valence-electron chi connectivity index (χ4n) is 3.32. The van der Waals surface area contributed by atoms with Gasteiger partial charge in [0.2, 0.25) is 5.91 Å². The van der Waals surface area contributed by atoms with Crippen LogP contribution in [0.15, 0.2) is 0 Å². The molecule has 19 heavy (non-hydrogen) atoms. The van der Waals surface area contributed by atoms with Gasteiger partial charge in [0.05, 0.1) is 11.8 Å². The van der Waals surface area contributed by atoms with Crippen molar-refractivity contribution in [3.63, 3.8) is 0 Å². The molecule has 0 spiro atoms. The second kappa shape index (κ2) is 4.47. The molecular weight excluding hydrogens is 244 g/mol. The zero-order valence-electron chi connectivity index (χ0n) is 12.2. The van der Waals surface area contributed by atoms with Crippen LogP contribution >= 0.6 is 0 Å². The number of amides is 1. The van der Waals surface area contributed by atoms with Crippen molar-refractivity contribution in [1.82, 2.24) is 10.2 Å². The van der Waals surface area contributed by atoms with E-state index in [1.807, 2.05) is 27.9 Å². The predicted octanol–water partition coefficient (Wildman–Crippen LogP) is 0.944. The molecule has 0 aliphatic heterocycles. The third-order valence-electron chi connectivity index (χ3n) is 5.20. The van der Waals surface area contributed by atoms with Crippen molar-refractivity contribution in [2.24, 2.45) is 17.3 Å². The maximum absolute atomic E-state index is 12.2. The van der Waals surface area contributed by atoms with Crippen LogP contribution in [0.2, 0.25) is 0 Å². The molecule has 2 atom stereocenters. The number of aliphatic carboxylic acids is 1. The highest BCUT2D eigenvalue weighted by atomic mass is 16.4. The van der Waals surface area contributed by atoms with E-state index in [0.717, 1.165) is 12.8 Å². The van der Waals surface area contributed by atoms with Crippen molar-refractivity contribution in [2.75, 3.05) is 20.6 Å². The first-order valence-corrected chi connectivity index (χ1v) is 6.90. The molecule has 0 radical (unpaired) electrons. The third kappa shape index (κ3) is 2.24. The second-order valence-corrected chi connectivity index (χ2v) is 6.81. The Hall–Kier alpha value is -1.10. The molecule has 108 valence electrons. The van der Waals surface area contributed by atoms with Gasteiger partial charge in [0.1, 0.15) is 0 Å². The molecule has 0 heterocycles. The van der Waals surface area contributed by atoms with Crippen molar-refractivity contribution in [3.8, 4) is 0 Å². The highest BCUT2D eigenvalue weighted by Crippen LogP contribution is 2.58. The zero-order valence-corrected chi connectivity index (χ0v) is 12.2. The number of nitrogens with zero attached hydrogens (tertiary/aromatic N) is 1. The molecule has 2 aliphatic rings. The Morgan fingerprint density at radius 2 is 1.84 bits per heavy atom. The van der Waals surface area contributed by atoms with Gasteiger partial charge in [0.25, 0.3) is 0 Å². The number of carbonyl (C=O) groups is 2. The van der Waals surface area contributed by atoms with Crippen molar-refractivity contribution in [1.29, 1.82) is 0 Å². The van der Waals surface area contributed by atoms with E-state index in [0.29, 0.717) is 6.54 Å². The molecule has 2 saturated carbocycles. The number of carbonyl (C=O) groups excluding carboxylic acids is 1. The topological polar surface area (TPSA) is 69.6 Å². The molecule has 2 N–H and O–H groups in total. The number of rotatable bonds is 5. The monoisotopic (exact) mass is 268 g/mol.